The molecule has 0 saturated heterocycles. The Morgan fingerprint density at radius 3 is 2.41 bits per heavy atom. The third-order valence-corrected chi connectivity index (χ3v) is 4.89. The first-order chi connectivity index (χ1) is 12.8. The SMILES string of the molecule is COc1cc(C)c(C(C)NCC(=O)NCc2ccc(Cl)cc2Cl)cc1OC. The number of hydrogen-bond acceptors (Lipinski definition) is 4. The zero-order valence-electron chi connectivity index (χ0n) is 15.9. The van der Waals surface area contributed by atoms with E-state index in [2.05, 4.69) is 10.6 Å². The molecule has 146 valence electrons. The van der Waals surface area contributed by atoms with Crippen molar-refractivity contribution in [3.05, 3.63) is 57.1 Å². The second kappa shape index (κ2) is 9.83. The topological polar surface area (TPSA) is 59.6 Å². The summed E-state index contributed by atoms with van der Waals surface area (Å²) in [7, 11) is 3.21. The van der Waals surface area contributed by atoms with Crippen LogP contribution in [0.15, 0.2) is 30.3 Å². The minimum absolute atomic E-state index is 0.0327. The quantitative estimate of drug-likeness (QED) is 0.681. The van der Waals surface area contributed by atoms with Gasteiger partial charge in [-0.2, -0.15) is 0 Å². The van der Waals surface area contributed by atoms with Crippen molar-refractivity contribution in [3.8, 4) is 11.5 Å². The molecular weight excluding hydrogens is 387 g/mol. The van der Waals surface area contributed by atoms with E-state index in [9.17, 15) is 4.79 Å². The van der Waals surface area contributed by atoms with E-state index < -0.39 is 0 Å². The van der Waals surface area contributed by atoms with Gasteiger partial charge in [-0.05, 0) is 54.8 Å². The second-order valence-electron chi connectivity index (χ2n) is 6.18. The van der Waals surface area contributed by atoms with Crippen LogP contribution in [0.25, 0.3) is 0 Å². The number of aryl methyl sites for hydroxylation is 1. The Kier molecular flexibility index (Phi) is 7.78. The number of hydrogen-bond donors (Lipinski definition) is 2. The van der Waals surface area contributed by atoms with Gasteiger partial charge in [-0.3, -0.25) is 4.79 Å². The molecule has 0 aliphatic rings. The molecule has 0 radical (unpaired) electrons. The zero-order valence-corrected chi connectivity index (χ0v) is 17.4. The third kappa shape index (κ3) is 5.76. The van der Waals surface area contributed by atoms with Crippen LogP contribution in [0.4, 0.5) is 0 Å². The van der Waals surface area contributed by atoms with Crippen molar-refractivity contribution in [1.82, 2.24) is 10.6 Å². The van der Waals surface area contributed by atoms with E-state index in [1.807, 2.05) is 26.0 Å². The third-order valence-electron chi connectivity index (χ3n) is 4.30. The number of carbonyl (C=O) groups is 1. The zero-order chi connectivity index (χ0) is 20.0. The molecule has 1 amide bonds. The molecule has 2 rings (SSSR count). The van der Waals surface area contributed by atoms with Crippen LogP contribution in [0.1, 0.15) is 29.7 Å². The van der Waals surface area contributed by atoms with Crippen LogP contribution in [-0.4, -0.2) is 26.7 Å². The molecule has 5 nitrogen and oxygen atoms in total. The second-order valence-corrected chi connectivity index (χ2v) is 7.02. The van der Waals surface area contributed by atoms with E-state index in [1.165, 1.54) is 0 Å². The summed E-state index contributed by atoms with van der Waals surface area (Å²) >= 11 is 12.0. The summed E-state index contributed by atoms with van der Waals surface area (Å²) in [6.07, 6.45) is 0. The Bertz CT molecular complexity index is 812. The first-order valence-electron chi connectivity index (χ1n) is 8.52. The van der Waals surface area contributed by atoms with Crippen molar-refractivity contribution < 1.29 is 14.3 Å². The van der Waals surface area contributed by atoms with E-state index in [4.69, 9.17) is 32.7 Å². The molecular formula is C20H24Cl2N2O3. The van der Waals surface area contributed by atoms with Gasteiger partial charge >= 0.3 is 0 Å². The lowest BCUT2D eigenvalue weighted by molar-refractivity contribution is -0.120. The minimum Gasteiger partial charge on any atom is -0.493 e. The van der Waals surface area contributed by atoms with Crippen molar-refractivity contribution in [2.75, 3.05) is 20.8 Å². The molecule has 0 spiro atoms. The van der Waals surface area contributed by atoms with Crippen LogP contribution in [0.2, 0.25) is 10.0 Å². The van der Waals surface area contributed by atoms with Crippen LogP contribution in [0, 0.1) is 6.92 Å². The van der Waals surface area contributed by atoms with Crippen molar-refractivity contribution in [2.45, 2.75) is 26.4 Å². The van der Waals surface area contributed by atoms with Gasteiger partial charge in [0.05, 0.1) is 20.8 Å². The molecule has 0 aromatic heterocycles. The number of carbonyl (C=O) groups excluding carboxylic acids is 1. The van der Waals surface area contributed by atoms with Crippen LogP contribution in [-0.2, 0) is 11.3 Å². The average molecular weight is 411 g/mol. The van der Waals surface area contributed by atoms with Crippen LogP contribution >= 0.6 is 23.2 Å². The molecule has 7 heteroatoms. The molecule has 0 aliphatic heterocycles. The van der Waals surface area contributed by atoms with E-state index in [0.29, 0.717) is 28.1 Å². The van der Waals surface area contributed by atoms with Crippen molar-refractivity contribution in [2.24, 2.45) is 0 Å². The molecule has 0 aliphatic carbocycles. The number of benzene rings is 2. The first kappa shape index (κ1) is 21.4. The lowest BCUT2D eigenvalue weighted by Crippen LogP contribution is -2.34. The fourth-order valence-electron chi connectivity index (χ4n) is 2.74. The minimum atomic E-state index is -0.119. The lowest BCUT2D eigenvalue weighted by atomic mass is 10.0. The van der Waals surface area contributed by atoms with Gasteiger partial charge in [0.15, 0.2) is 11.5 Å². The number of nitrogens with one attached hydrogen (secondary N) is 2. The highest BCUT2D eigenvalue weighted by atomic mass is 35.5. The fraction of sp³-hybridized carbons (Fsp3) is 0.350. The maximum Gasteiger partial charge on any atom is 0.234 e. The smallest absolute Gasteiger partial charge is 0.234 e. The highest BCUT2D eigenvalue weighted by molar-refractivity contribution is 6.35. The molecule has 2 N–H and O–H groups in total. The van der Waals surface area contributed by atoms with Crippen molar-refractivity contribution >= 4 is 29.1 Å². The molecule has 0 fully saturated rings. The summed E-state index contributed by atoms with van der Waals surface area (Å²) < 4.78 is 10.7. The summed E-state index contributed by atoms with van der Waals surface area (Å²) in [6, 6.07) is 9.02. The maximum absolute atomic E-state index is 12.2. The monoisotopic (exact) mass is 410 g/mol. The van der Waals surface area contributed by atoms with E-state index in [0.717, 1.165) is 16.7 Å². The normalized spacial score (nSPS) is 11.8. The Morgan fingerprint density at radius 2 is 1.78 bits per heavy atom. The first-order valence-corrected chi connectivity index (χ1v) is 9.27. The van der Waals surface area contributed by atoms with E-state index in [-0.39, 0.29) is 18.5 Å². The largest absolute Gasteiger partial charge is 0.493 e. The Hall–Kier alpha value is -1.95. The summed E-state index contributed by atoms with van der Waals surface area (Å²) in [6.45, 7) is 4.52. The summed E-state index contributed by atoms with van der Waals surface area (Å²) in [4.78, 5) is 12.2. The number of methoxy groups -OCH3 is 2. The van der Waals surface area contributed by atoms with Gasteiger partial charge < -0.3 is 20.1 Å². The lowest BCUT2D eigenvalue weighted by Gasteiger charge is -2.19. The molecule has 2 aromatic rings. The summed E-state index contributed by atoms with van der Waals surface area (Å²) in [5, 5.41) is 7.17. The molecule has 0 saturated carbocycles. The Labute approximate surface area is 170 Å². The van der Waals surface area contributed by atoms with Crippen molar-refractivity contribution in [3.63, 3.8) is 0 Å². The fourth-order valence-corrected chi connectivity index (χ4v) is 3.22. The molecule has 0 bridgehead atoms. The van der Waals surface area contributed by atoms with Crippen molar-refractivity contribution in [1.29, 1.82) is 0 Å². The van der Waals surface area contributed by atoms with Crippen LogP contribution in [0.3, 0.4) is 0 Å². The van der Waals surface area contributed by atoms with Gasteiger partial charge in [0.25, 0.3) is 0 Å². The number of rotatable bonds is 8. The molecule has 0 heterocycles. The predicted octanol–water partition coefficient (Wildman–Crippen LogP) is 4.29. The summed E-state index contributed by atoms with van der Waals surface area (Å²) in [5.74, 6) is 1.23. The highest BCUT2D eigenvalue weighted by Gasteiger charge is 2.14. The highest BCUT2D eigenvalue weighted by Crippen LogP contribution is 2.32. The summed E-state index contributed by atoms with van der Waals surface area (Å²) in [5.41, 5.74) is 2.92. The van der Waals surface area contributed by atoms with E-state index in [1.54, 1.807) is 32.4 Å². The maximum atomic E-state index is 12.2. The molecule has 1 unspecified atom stereocenters. The van der Waals surface area contributed by atoms with Gasteiger partial charge in [0, 0.05) is 22.6 Å². The number of halogens is 2. The molecule has 1 atom stereocenters. The number of ether oxygens (including phenoxy) is 2. The predicted molar refractivity (Wildman–Crippen MR) is 109 cm³/mol. The van der Waals surface area contributed by atoms with Crippen LogP contribution in [0.5, 0.6) is 11.5 Å². The molecule has 2 aromatic carbocycles. The van der Waals surface area contributed by atoms with Gasteiger partial charge in [0.2, 0.25) is 5.91 Å². The van der Waals surface area contributed by atoms with Gasteiger partial charge in [-0.15, -0.1) is 0 Å². The van der Waals surface area contributed by atoms with Gasteiger partial charge in [0.1, 0.15) is 0 Å². The molecule has 27 heavy (non-hydrogen) atoms. The Balaban J connectivity index is 1.93. The average Bonchev–Trinajstić information content (AvgIpc) is 2.65. The van der Waals surface area contributed by atoms with Crippen LogP contribution < -0.4 is 20.1 Å². The number of amides is 1. The van der Waals surface area contributed by atoms with E-state index >= 15 is 0 Å². The standard InChI is InChI=1S/C20H24Cl2N2O3/c1-12-7-18(26-3)19(27-4)9-16(12)13(2)23-11-20(25)24-10-14-5-6-15(21)8-17(14)22/h5-9,13,23H,10-11H2,1-4H3,(H,24,25). The van der Waals surface area contributed by atoms with Gasteiger partial charge in [-0.25, -0.2) is 0 Å². The Morgan fingerprint density at radius 1 is 1.11 bits per heavy atom. The van der Waals surface area contributed by atoms with Gasteiger partial charge in [-0.1, -0.05) is 29.3 Å².